The molecule has 0 saturated heterocycles. The first-order chi connectivity index (χ1) is 7.70. The number of nitrogens with zero attached hydrogens (tertiary/aromatic N) is 1. The molecule has 1 aromatic carbocycles. The topological polar surface area (TPSA) is 76.3 Å². The summed E-state index contributed by atoms with van der Waals surface area (Å²) in [5.41, 5.74) is 1.61. The molecule has 0 bridgehead atoms. The smallest absolute Gasteiger partial charge is 0.423 e. The number of hydrogen-bond acceptors (Lipinski definition) is 4. The van der Waals surface area contributed by atoms with E-state index in [9.17, 15) is 0 Å². The third kappa shape index (κ3) is 2.54. The molecule has 1 fully saturated rings. The molecule has 0 aromatic heterocycles. The zero-order valence-corrected chi connectivity index (χ0v) is 8.85. The van der Waals surface area contributed by atoms with Crippen molar-refractivity contribution in [1.29, 1.82) is 5.26 Å². The first-order valence-electron chi connectivity index (χ1n) is 5.35. The fraction of sp³-hybridized carbons (Fsp3) is 0.364. The first-order valence-corrected chi connectivity index (χ1v) is 5.35. The molecular weight excluding hydrogens is 203 g/mol. The van der Waals surface area contributed by atoms with Crippen molar-refractivity contribution in [2.45, 2.75) is 12.8 Å². The predicted octanol–water partition coefficient (Wildman–Crippen LogP) is 0.0600. The van der Waals surface area contributed by atoms with Crippen molar-refractivity contribution >= 4 is 18.3 Å². The molecule has 4 nitrogen and oxygen atoms in total. The van der Waals surface area contributed by atoms with Gasteiger partial charge in [-0.1, -0.05) is 6.07 Å². The van der Waals surface area contributed by atoms with Gasteiger partial charge in [0.05, 0.1) is 11.3 Å². The van der Waals surface area contributed by atoms with Crippen LogP contribution < -0.4 is 10.8 Å². The van der Waals surface area contributed by atoms with E-state index in [1.165, 1.54) is 12.8 Å². The Morgan fingerprint density at radius 2 is 2.19 bits per heavy atom. The van der Waals surface area contributed by atoms with E-state index in [2.05, 4.69) is 11.4 Å². The lowest BCUT2D eigenvalue weighted by Gasteiger charge is -2.09. The number of nitrogens with one attached hydrogen (secondary N) is 1. The van der Waals surface area contributed by atoms with Gasteiger partial charge in [0.2, 0.25) is 0 Å². The van der Waals surface area contributed by atoms with Gasteiger partial charge in [0.1, 0.15) is 6.07 Å². The van der Waals surface area contributed by atoms with Gasteiger partial charge in [-0.05, 0) is 36.4 Å². The van der Waals surface area contributed by atoms with Gasteiger partial charge in [-0.3, -0.25) is 0 Å². The molecule has 5 heteroatoms. The molecule has 1 aliphatic rings. The van der Waals surface area contributed by atoms with Gasteiger partial charge in [-0.2, -0.15) is 5.26 Å². The van der Waals surface area contributed by atoms with E-state index in [0.29, 0.717) is 22.6 Å². The van der Waals surface area contributed by atoms with E-state index in [1.54, 1.807) is 18.2 Å². The summed E-state index contributed by atoms with van der Waals surface area (Å²) in [5.74, 6) is 0.703. The summed E-state index contributed by atoms with van der Waals surface area (Å²) in [6.07, 6.45) is 2.47. The van der Waals surface area contributed by atoms with Crippen LogP contribution in [0.4, 0.5) is 5.69 Å². The predicted molar refractivity (Wildman–Crippen MR) is 62.2 cm³/mol. The molecule has 2 rings (SSSR count). The molecule has 0 atom stereocenters. The average molecular weight is 216 g/mol. The number of rotatable bonds is 4. The number of benzene rings is 1. The lowest BCUT2D eigenvalue weighted by molar-refractivity contribution is 0.426. The Morgan fingerprint density at radius 3 is 2.75 bits per heavy atom. The Bertz CT molecular complexity index is 424. The molecule has 0 unspecified atom stereocenters. The van der Waals surface area contributed by atoms with Gasteiger partial charge in [-0.15, -0.1) is 0 Å². The van der Waals surface area contributed by atoms with Crippen LogP contribution in [0.5, 0.6) is 0 Å². The van der Waals surface area contributed by atoms with Gasteiger partial charge in [0.15, 0.2) is 0 Å². The van der Waals surface area contributed by atoms with E-state index in [1.807, 2.05) is 0 Å². The Kier molecular flexibility index (Phi) is 3.13. The maximum Gasteiger partial charge on any atom is 0.488 e. The molecular formula is C11H13BN2O2. The van der Waals surface area contributed by atoms with Gasteiger partial charge in [-0.25, -0.2) is 0 Å². The zero-order chi connectivity index (χ0) is 11.5. The summed E-state index contributed by atoms with van der Waals surface area (Å²) in [4.78, 5) is 0. The van der Waals surface area contributed by atoms with Crippen LogP contribution in [0.25, 0.3) is 0 Å². The fourth-order valence-electron chi connectivity index (χ4n) is 1.54. The molecule has 0 amide bonds. The zero-order valence-electron chi connectivity index (χ0n) is 8.85. The minimum atomic E-state index is -1.49. The molecule has 0 radical (unpaired) electrons. The third-order valence-corrected chi connectivity index (χ3v) is 2.74. The summed E-state index contributed by atoms with van der Waals surface area (Å²) in [6, 6.07) is 6.85. The minimum Gasteiger partial charge on any atom is -0.423 e. The molecule has 82 valence electrons. The van der Waals surface area contributed by atoms with Gasteiger partial charge in [0.25, 0.3) is 0 Å². The Labute approximate surface area is 94.7 Å². The number of hydrogen-bond donors (Lipinski definition) is 3. The number of nitriles is 1. The van der Waals surface area contributed by atoms with Crippen LogP contribution in [0.1, 0.15) is 18.4 Å². The van der Waals surface area contributed by atoms with E-state index >= 15 is 0 Å². The highest BCUT2D eigenvalue weighted by atomic mass is 16.4. The minimum absolute atomic E-state index is 0.400. The molecule has 0 heterocycles. The maximum absolute atomic E-state index is 9.05. The van der Waals surface area contributed by atoms with E-state index < -0.39 is 7.12 Å². The Hall–Kier alpha value is -1.51. The summed E-state index contributed by atoms with van der Waals surface area (Å²) in [7, 11) is -1.49. The molecule has 1 saturated carbocycles. The van der Waals surface area contributed by atoms with Crippen LogP contribution in [-0.4, -0.2) is 23.7 Å². The summed E-state index contributed by atoms with van der Waals surface area (Å²) < 4.78 is 0. The maximum atomic E-state index is 9.05. The van der Waals surface area contributed by atoms with Crippen molar-refractivity contribution in [2.75, 3.05) is 11.9 Å². The number of anilines is 1. The highest BCUT2D eigenvalue weighted by Crippen LogP contribution is 2.29. The van der Waals surface area contributed by atoms with Gasteiger partial charge < -0.3 is 15.4 Å². The SMILES string of the molecule is N#Cc1ccc(B(O)O)cc1NCC1CC1. The summed E-state index contributed by atoms with van der Waals surface area (Å²) in [5, 5.41) is 30.2. The molecule has 1 aliphatic carbocycles. The normalized spacial score (nSPS) is 14.3. The monoisotopic (exact) mass is 216 g/mol. The Morgan fingerprint density at radius 1 is 1.44 bits per heavy atom. The standard InChI is InChI=1S/C11H13BN2O2/c13-6-9-3-4-10(12(15)16)5-11(9)14-7-8-1-2-8/h3-5,8,14-16H,1-2,7H2. The Balaban J connectivity index is 2.17. The lowest BCUT2D eigenvalue weighted by atomic mass is 9.79. The van der Waals surface area contributed by atoms with Crippen molar-refractivity contribution in [2.24, 2.45) is 5.92 Å². The van der Waals surface area contributed by atoms with E-state index in [4.69, 9.17) is 15.3 Å². The average Bonchev–Trinajstić information content (AvgIpc) is 3.09. The molecule has 0 spiro atoms. The van der Waals surface area contributed by atoms with Crippen molar-refractivity contribution < 1.29 is 10.0 Å². The second-order valence-corrected chi connectivity index (χ2v) is 4.11. The molecule has 16 heavy (non-hydrogen) atoms. The second kappa shape index (κ2) is 4.56. The van der Waals surface area contributed by atoms with Crippen molar-refractivity contribution in [3.05, 3.63) is 23.8 Å². The van der Waals surface area contributed by atoms with Crippen LogP contribution in [0.2, 0.25) is 0 Å². The van der Waals surface area contributed by atoms with Gasteiger partial charge in [0, 0.05) is 6.54 Å². The van der Waals surface area contributed by atoms with Crippen LogP contribution >= 0.6 is 0 Å². The van der Waals surface area contributed by atoms with Gasteiger partial charge >= 0.3 is 7.12 Å². The van der Waals surface area contributed by atoms with Crippen LogP contribution in [0.15, 0.2) is 18.2 Å². The molecule has 3 N–H and O–H groups in total. The largest absolute Gasteiger partial charge is 0.488 e. The third-order valence-electron chi connectivity index (χ3n) is 2.74. The van der Waals surface area contributed by atoms with Crippen LogP contribution in [0.3, 0.4) is 0 Å². The van der Waals surface area contributed by atoms with Crippen molar-refractivity contribution in [3.8, 4) is 6.07 Å². The van der Waals surface area contributed by atoms with Crippen LogP contribution in [-0.2, 0) is 0 Å². The first kappa shape index (κ1) is 11.0. The summed E-state index contributed by atoms with van der Waals surface area (Å²) >= 11 is 0. The van der Waals surface area contributed by atoms with E-state index in [0.717, 1.165) is 6.54 Å². The highest BCUT2D eigenvalue weighted by molar-refractivity contribution is 6.58. The highest BCUT2D eigenvalue weighted by Gasteiger charge is 2.21. The molecule has 0 aliphatic heterocycles. The van der Waals surface area contributed by atoms with Crippen LogP contribution in [0, 0.1) is 17.2 Å². The van der Waals surface area contributed by atoms with Crippen molar-refractivity contribution in [3.63, 3.8) is 0 Å². The van der Waals surface area contributed by atoms with Crippen molar-refractivity contribution in [1.82, 2.24) is 0 Å². The second-order valence-electron chi connectivity index (χ2n) is 4.11. The fourth-order valence-corrected chi connectivity index (χ4v) is 1.54. The quantitative estimate of drug-likeness (QED) is 0.622. The van der Waals surface area contributed by atoms with E-state index in [-0.39, 0.29) is 0 Å². The lowest BCUT2D eigenvalue weighted by Crippen LogP contribution is -2.30. The molecule has 1 aromatic rings. The summed E-state index contributed by atoms with van der Waals surface area (Å²) in [6.45, 7) is 0.847.